The number of benzene rings is 1. The molecule has 0 radical (unpaired) electrons. The molecule has 0 saturated carbocycles. The summed E-state index contributed by atoms with van der Waals surface area (Å²) in [5, 5.41) is 0. The smallest absolute Gasteiger partial charge is 0.249 e. The van der Waals surface area contributed by atoms with E-state index in [1.165, 1.54) is 13.4 Å². The van der Waals surface area contributed by atoms with E-state index in [2.05, 4.69) is 9.97 Å². The number of ether oxygens (including phenoxy) is 3. The van der Waals surface area contributed by atoms with Gasteiger partial charge in [-0.3, -0.25) is 0 Å². The lowest BCUT2D eigenvalue weighted by Gasteiger charge is -2.09. The van der Waals surface area contributed by atoms with Crippen molar-refractivity contribution < 1.29 is 14.2 Å². The van der Waals surface area contributed by atoms with Crippen molar-refractivity contribution >= 4 is 5.69 Å². The van der Waals surface area contributed by atoms with Gasteiger partial charge in [-0.25, -0.2) is 0 Å². The van der Waals surface area contributed by atoms with Crippen LogP contribution in [-0.2, 0) is 0 Å². The normalized spacial score (nSPS) is 9.89. The summed E-state index contributed by atoms with van der Waals surface area (Å²) in [6, 6.07) is 7.08. The van der Waals surface area contributed by atoms with Gasteiger partial charge < -0.3 is 19.9 Å². The van der Waals surface area contributed by atoms with Gasteiger partial charge in [0.15, 0.2) is 5.69 Å². The van der Waals surface area contributed by atoms with Crippen LogP contribution in [0.1, 0.15) is 0 Å². The van der Waals surface area contributed by atoms with E-state index in [4.69, 9.17) is 19.9 Å². The molecular formula is C12H13N3O3. The molecular weight excluding hydrogens is 234 g/mol. The SMILES string of the molecule is COc1ccc(Oc2ncnc(OC)c2N)cc1. The zero-order chi connectivity index (χ0) is 13.0. The van der Waals surface area contributed by atoms with Gasteiger partial charge in [0.25, 0.3) is 0 Å². The van der Waals surface area contributed by atoms with Crippen LogP contribution < -0.4 is 19.9 Å². The maximum absolute atomic E-state index is 5.80. The average Bonchev–Trinajstić information content (AvgIpc) is 2.42. The lowest BCUT2D eigenvalue weighted by Crippen LogP contribution is -2.00. The van der Waals surface area contributed by atoms with Crippen LogP contribution in [0, 0.1) is 0 Å². The molecule has 2 N–H and O–H groups in total. The summed E-state index contributed by atoms with van der Waals surface area (Å²) in [6.45, 7) is 0. The van der Waals surface area contributed by atoms with E-state index in [-0.39, 0.29) is 17.4 Å². The van der Waals surface area contributed by atoms with Gasteiger partial charge in [-0.15, -0.1) is 0 Å². The van der Waals surface area contributed by atoms with Crippen molar-refractivity contribution in [3.05, 3.63) is 30.6 Å². The Labute approximate surface area is 104 Å². The van der Waals surface area contributed by atoms with Crippen molar-refractivity contribution in [2.24, 2.45) is 0 Å². The highest BCUT2D eigenvalue weighted by Gasteiger charge is 2.10. The lowest BCUT2D eigenvalue weighted by molar-refractivity contribution is 0.391. The number of aromatic nitrogens is 2. The second-order valence-corrected chi connectivity index (χ2v) is 3.38. The molecule has 0 spiro atoms. The van der Waals surface area contributed by atoms with Crippen LogP contribution in [0.5, 0.6) is 23.3 Å². The quantitative estimate of drug-likeness (QED) is 0.888. The summed E-state index contributed by atoms with van der Waals surface area (Å²) < 4.78 is 15.6. The molecule has 18 heavy (non-hydrogen) atoms. The average molecular weight is 247 g/mol. The number of hydrogen-bond donors (Lipinski definition) is 1. The second-order valence-electron chi connectivity index (χ2n) is 3.38. The molecule has 6 heteroatoms. The highest BCUT2D eigenvalue weighted by Crippen LogP contribution is 2.30. The minimum atomic E-state index is 0.256. The summed E-state index contributed by atoms with van der Waals surface area (Å²) in [7, 11) is 3.08. The summed E-state index contributed by atoms with van der Waals surface area (Å²) in [6.07, 6.45) is 1.33. The summed E-state index contributed by atoms with van der Waals surface area (Å²) >= 11 is 0. The molecule has 0 aliphatic carbocycles. The van der Waals surface area contributed by atoms with Crippen LogP contribution in [0.25, 0.3) is 0 Å². The first-order valence-corrected chi connectivity index (χ1v) is 5.21. The van der Waals surface area contributed by atoms with Gasteiger partial charge in [0.1, 0.15) is 17.8 Å². The van der Waals surface area contributed by atoms with Gasteiger partial charge in [0, 0.05) is 0 Å². The van der Waals surface area contributed by atoms with Crippen LogP contribution in [0.4, 0.5) is 5.69 Å². The molecule has 0 amide bonds. The van der Waals surface area contributed by atoms with Crippen molar-refractivity contribution in [1.82, 2.24) is 9.97 Å². The molecule has 0 aliphatic heterocycles. The Morgan fingerprint density at radius 2 is 1.50 bits per heavy atom. The Kier molecular flexibility index (Phi) is 3.47. The summed E-state index contributed by atoms with van der Waals surface area (Å²) in [5.74, 6) is 1.89. The Morgan fingerprint density at radius 3 is 2.11 bits per heavy atom. The molecule has 1 aromatic heterocycles. The molecule has 0 unspecified atom stereocenters. The first-order chi connectivity index (χ1) is 8.74. The minimum absolute atomic E-state index is 0.256. The number of hydrogen-bond acceptors (Lipinski definition) is 6. The standard InChI is InChI=1S/C12H13N3O3/c1-16-8-3-5-9(6-4-8)18-12-10(13)11(17-2)14-7-15-12/h3-7H,13H2,1-2H3. The van der Waals surface area contributed by atoms with Gasteiger partial charge in [-0.1, -0.05) is 0 Å². The molecule has 0 bridgehead atoms. The van der Waals surface area contributed by atoms with Crippen LogP contribution in [0.2, 0.25) is 0 Å². The molecule has 94 valence electrons. The maximum atomic E-state index is 5.80. The van der Waals surface area contributed by atoms with Gasteiger partial charge in [-0.2, -0.15) is 9.97 Å². The predicted octanol–water partition coefficient (Wildman–Crippen LogP) is 1.87. The molecule has 0 fully saturated rings. The maximum Gasteiger partial charge on any atom is 0.249 e. The van der Waals surface area contributed by atoms with E-state index >= 15 is 0 Å². The molecule has 2 aromatic rings. The first kappa shape index (κ1) is 12.0. The largest absolute Gasteiger partial charge is 0.497 e. The molecule has 0 aliphatic rings. The van der Waals surface area contributed by atoms with E-state index in [1.807, 2.05) is 0 Å². The van der Waals surface area contributed by atoms with Crippen molar-refractivity contribution in [3.8, 4) is 23.3 Å². The van der Waals surface area contributed by atoms with Crippen LogP contribution in [0.3, 0.4) is 0 Å². The van der Waals surface area contributed by atoms with Crippen LogP contribution >= 0.6 is 0 Å². The molecule has 6 nitrogen and oxygen atoms in total. The minimum Gasteiger partial charge on any atom is -0.497 e. The van der Waals surface area contributed by atoms with Gasteiger partial charge in [0.05, 0.1) is 14.2 Å². The summed E-state index contributed by atoms with van der Waals surface area (Å²) in [4.78, 5) is 7.82. The second kappa shape index (κ2) is 5.22. The van der Waals surface area contributed by atoms with Gasteiger partial charge in [0.2, 0.25) is 11.8 Å². The Balaban J connectivity index is 2.22. The zero-order valence-corrected chi connectivity index (χ0v) is 10.1. The number of nitrogen functional groups attached to an aromatic ring is 1. The van der Waals surface area contributed by atoms with Crippen molar-refractivity contribution in [2.45, 2.75) is 0 Å². The molecule has 1 heterocycles. The van der Waals surface area contributed by atoms with E-state index < -0.39 is 0 Å². The van der Waals surface area contributed by atoms with E-state index in [1.54, 1.807) is 31.4 Å². The summed E-state index contributed by atoms with van der Waals surface area (Å²) in [5.41, 5.74) is 6.06. The molecule has 0 saturated heterocycles. The highest BCUT2D eigenvalue weighted by atomic mass is 16.5. The number of anilines is 1. The number of methoxy groups -OCH3 is 2. The van der Waals surface area contributed by atoms with Crippen molar-refractivity contribution in [2.75, 3.05) is 20.0 Å². The zero-order valence-electron chi connectivity index (χ0n) is 10.1. The Bertz CT molecular complexity index is 529. The Hall–Kier alpha value is -2.50. The van der Waals surface area contributed by atoms with Gasteiger partial charge >= 0.3 is 0 Å². The fourth-order valence-corrected chi connectivity index (χ4v) is 1.36. The molecule has 1 aromatic carbocycles. The monoisotopic (exact) mass is 247 g/mol. The van der Waals surface area contributed by atoms with Crippen LogP contribution in [-0.4, -0.2) is 24.2 Å². The number of nitrogens with two attached hydrogens (primary N) is 1. The fourth-order valence-electron chi connectivity index (χ4n) is 1.36. The third-order valence-electron chi connectivity index (χ3n) is 2.28. The number of nitrogens with zero attached hydrogens (tertiary/aromatic N) is 2. The van der Waals surface area contributed by atoms with E-state index in [0.29, 0.717) is 5.75 Å². The topological polar surface area (TPSA) is 79.5 Å². The third kappa shape index (κ3) is 2.42. The fraction of sp³-hybridized carbons (Fsp3) is 0.167. The van der Waals surface area contributed by atoms with E-state index in [9.17, 15) is 0 Å². The van der Waals surface area contributed by atoms with Gasteiger partial charge in [-0.05, 0) is 24.3 Å². The van der Waals surface area contributed by atoms with Crippen LogP contribution in [0.15, 0.2) is 30.6 Å². The first-order valence-electron chi connectivity index (χ1n) is 5.21. The molecule has 0 atom stereocenters. The van der Waals surface area contributed by atoms with Crippen molar-refractivity contribution in [1.29, 1.82) is 0 Å². The van der Waals surface area contributed by atoms with E-state index in [0.717, 1.165) is 5.75 Å². The lowest BCUT2D eigenvalue weighted by atomic mass is 10.3. The Morgan fingerprint density at radius 1 is 0.889 bits per heavy atom. The number of rotatable bonds is 4. The highest BCUT2D eigenvalue weighted by molar-refractivity contribution is 5.56. The van der Waals surface area contributed by atoms with Crippen molar-refractivity contribution in [3.63, 3.8) is 0 Å². The predicted molar refractivity (Wildman–Crippen MR) is 66.1 cm³/mol. The molecule has 2 rings (SSSR count). The third-order valence-corrected chi connectivity index (χ3v) is 2.28.